The van der Waals surface area contributed by atoms with Crippen molar-refractivity contribution in [2.75, 3.05) is 0 Å². The second kappa shape index (κ2) is 7.99. The molecule has 1 rings (SSSR count). The Kier molecular flexibility index (Phi) is 7.25. The van der Waals surface area contributed by atoms with Crippen molar-refractivity contribution < 1.29 is 4.79 Å². The van der Waals surface area contributed by atoms with Crippen molar-refractivity contribution in [3.63, 3.8) is 0 Å². The summed E-state index contributed by atoms with van der Waals surface area (Å²) in [5.74, 6) is 0. The third-order valence-corrected chi connectivity index (χ3v) is 1.42. The third-order valence-electron chi connectivity index (χ3n) is 1.42. The lowest BCUT2D eigenvalue weighted by Gasteiger charge is -1.89. The zero-order valence-electron chi connectivity index (χ0n) is 7.79. The summed E-state index contributed by atoms with van der Waals surface area (Å²) in [5, 5.41) is 0. The first kappa shape index (κ1) is 10.9. The zero-order chi connectivity index (χ0) is 9.23. The molecule has 0 aliphatic rings. The van der Waals surface area contributed by atoms with Gasteiger partial charge in [-0.1, -0.05) is 44.2 Å². The summed E-state index contributed by atoms with van der Waals surface area (Å²) in [6.07, 6.45) is 2.65. The molecule has 0 heterocycles. The van der Waals surface area contributed by atoms with Crippen molar-refractivity contribution in [1.29, 1.82) is 0 Å². The molecule has 0 amide bonds. The Balaban J connectivity index is 0.000000261. The van der Waals surface area contributed by atoms with Gasteiger partial charge in [-0.15, -0.1) is 0 Å². The summed E-state index contributed by atoms with van der Waals surface area (Å²) >= 11 is 0. The average Bonchev–Trinajstić information content (AvgIpc) is 2.19. The van der Waals surface area contributed by atoms with Gasteiger partial charge in [-0.05, 0) is 12.0 Å². The normalized spacial score (nSPS) is 8.17. The molecule has 0 N–H and O–H groups in total. The minimum Gasteiger partial charge on any atom is -0.303 e. The number of carbonyl (C=O) groups is 1. The Hall–Kier alpha value is -1.11. The SMILES string of the molecule is CCC=O.CCc1ccccc1. The molecule has 1 heteroatoms. The lowest BCUT2D eigenvalue weighted by Crippen LogP contribution is -1.73. The first-order valence-corrected chi connectivity index (χ1v) is 4.32. The molecule has 0 saturated carbocycles. The largest absolute Gasteiger partial charge is 0.303 e. The van der Waals surface area contributed by atoms with E-state index in [2.05, 4.69) is 31.2 Å². The quantitative estimate of drug-likeness (QED) is 0.614. The molecule has 0 bridgehead atoms. The summed E-state index contributed by atoms with van der Waals surface area (Å²) in [7, 11) is 0. The van der Waals surface area contributed by atoms with Crippen molar-refractivity contribution in [3.8, 4) is 0 Å². The van der Waals surface area contributed by atoms with Gasteiger partial charge >= 0.3 is 0 Å². The molecule has 1 nitrogen and oxygen atoms in total. The monoisotopic (exact) mass is 164 g/mol. The van der Waals surface area contributed by atoms with Gasteiger partial charge in [0.15, 0.2) is 0 Å². The minimum atomic E-state index is 0.639. The van der Waals surface area contributed by atoms with Crippen LogP contribution in [0.25, 0.3) is 0 Å². The maximum absolute atomic E-state index is 9.17. The molecule has 12 heavy (non-hydrogen) atoms. The first-order valence-electron chi connectivity index (χ1n) is 4.32. The number of hydrogen-bond acceptors (Lipinski definition) is 1. The summed E-state index contributed by atoms with van der Waals surface area (Å²) in [6, 6.07) is 10.5. The second-order valence-electron chi connectivity index (χ2n) is 2.41. The van der Waals surface area contributed by atoms with E-state index >= 15 is 0 Å². The molecule has 0 aromatic heterocycles. The lowest BCUT2D eigenvalue weighted by atomic mass is 10.2. The minimum absolute atomic E-state index is 0.639. The molecule has 0 unspecified atom stereocenters. The molecule has 1 aromatic rings. The van der Waals surface area contributed by atoms with E-state index in [4.69, 9.17) is 0 Å². The molecule has 0 saturated heterocycles. The smallest absolute Gasteiger partial charge is 0.119 e. The van der Waals surface area contributed by atoms with E-state index in [-0.39, 0.29) is 0 Å². The molecule has 0 aliphatic carbocycles. The molecule has 66 valence electrons. The summed E-state index contributed by atoms with van der Waals surface area (Å²) in [4.78, 5) is 9.17. The van der Waals surface area contributed by atoms with Crippen LogP contribution in [0.1, 0.15) is 25.8 Å². The van der Waals surface area contributed by atoms with Crippen molar-refractivity contribution in [1.82, 2.24) is 0 Å². The fraction of sp³-hybridized carbons (Fsp3) is 0.364. The predicted octanol–water partition coefficient (Wildman–Crippen LogP) is 2.84. The van der Waals surface area contributed by atoms with Gasteiger partial charge < -0.3 is 4.79 Å². The molecule has 0 fully saturated rings. The van der Waals surface area contributed by atoms with Gasteiger partial charge in [0.2, 0.25) is 0 Å². The van der Waals surface area contributed by atoms with E-state index in [1.54, 1.807) is 0 Å². The Morgan fingerprint density at radius 2 is 1.67 bits per heavy atom. The summed E-state index contributed by atoms with van der Waals surface area (Å²) in [6.45, 7) is 3.97. The van der Waals surface area contributed by atoms with Crippen LogP contribution in [-0.2, 0) is 11.2 Å². The fourth-order valence-electron chi connectivity index (χ4n) is 0.714. The van der Waals surface area contributed by atoms with Crippen LogP contribution in [0.3, 0.4) is 0 Å². The van der Waals surface area contributed by atoms with E-state index in [0.717, 1.165) is 12.7 Å². The molecule has 0 radical (unpaired) electrons. The van der Waals surface area contributed by atoms with E-state index in [9.17, 15) is 4.79 Å². The Bertz CT molecular complexity index is 191. The van der Waals surface area contributed by atoms with E-state index < -0.39 is 0 Å². The van der Waals surface area contributed by atoms with Gasteiger partial charge in [0.1, 0.15) is 6.29 Å². The number of benzene rings is 1. The Morgan fingerprint density at radius 1 is 1.17 bits per heavy atom. The van der Waals surface area contributed by atoms with Crippen LogP contribution in [-0.4, -0.2) is 6.29 Å². The topological polar surface area (TPSA) is 17.1 Å². The maximum atomic E-state index is 9.17. The van der Waals surface area contributed by atoms with Gasteiger partial charge in [-0.3, -0.25) is 0 Å². The van der Waals surface area contributed by atoms with Gasteiger partial charge in [0.25, 0.3) is 0 Å². The highest BCUT2D eigenvalue weighted by molar-refractivity contribution is 5.48. The third kappa shape index (κ3) is 5.66. The van der Waals surface area contributed by atoms with Gasteiger partial charge in [-0.2, -0.15) is 0 Å². The van der Waals surface area contributed by atoms with Crippen LogP contribution in [0, 0.1) is 0 Å². The highest BCUT2D eigenvalue weighted by atomic mass is 16.1. The average molecular weight is 164 g/mol. The second-order valence-corrected chi connectivity index (χ2v) is 2.41. The fourth-order valence-corrected chi connectivity index (χ4v) is 0.714. The molecular weight excluding hydrogens is 148 g/mol. The van der Waals surface area contributed by atoms with Crippen LogP contribution < -0.4 is 0 Å². The van der Waals surface area contributed by atoms with Crippen molar-refractivity contribution in [2.45, 2.75) is 26.7 Å². The van der Waals surface area contributed by atoms with Crippen LogP contribution in [0.5, 0.6) is 0 Å². The van der Waals surface area contributed by atoms with Crippen molar-refractivity contribution in [3.05, 3.63) is 35.9 Å². The number of aryl methyl sites for hydroxylation is 1. The first-order chi connectivity index (χ1) is 5.85. The van der Waals surface area contributed by atoms with Crippen molar-refractivity contribution >= 4 is 6.29 Å². The Labute approximate surface area is 74.4 Å². The molecule has 0 aliphatic heterocycles. The van der Waals surface area contributed by atoms with Gasteiger partial charge in [0, 0.05) is 6.42 Å². The summed E-state index contributed by atoms with van der Waals surface area (Å²) < 4.78 is 0. The predicted molar refractivity (Wildman–Crippen MR) is 52.2 cm³/mol. The van der Waals surface area contributed by atoms with E-state index in [1.165, 1.54) is 5.56 Å². The van der Waals surface area contributed by atoms with E-state index in [1.807, 2.05) is 13.0 Å². The molecular formula is C11H16O. The number of carbonyl (C=O) groups excluding carboxylic acids is 1. The highest BCUT2D eigenvalue weighted by Crippen LogP contribution is 1.96. The van der Waals surface area contributed by atoms with Crippen LogP contribution in [0.4, 0.5) is 0 Å². The van der Waals surface area contributed by atoms with Crippen LogP contribution in [0.15, 0.2) is 30.3 Å². The Morgan fingerprint density at radius 3 is 1.92 bits per heavy atom. The lowest BCUT2D eigenvalue weighted by molar-refractivity contribution is -0.107. The van der Waals surface area contributed by atoms with Crippen LogP contribution >= 0.6 is 0 Å². The molecule has 0 spiro atoms. The maximum Gasteiger partial charge on any atom is 0.119 e. The molecule has 0 atom stereocenters. The van der Waals surface area contributed by atoms with Gasteiger partial charge in [0.05, 0.1) is 0 Å². The molecule has 1 aromatic carbocycles. The number of aldehydes is 1. The van der Waals surface area contributed by atoms with Gasteiger partial charge in [-0.25, -0.2) is 0 Å². The number of rotatable bonds is 2. The van der Waals surface area contributed by atoms with Crippen molar-refractivity contribution in [2.24, 2.45) is 0 Å². The number of hydrogen-bond donors (Lipinski definition) is 0. The van der Waals surface area contributed by atoms with Crippen LogP contribution in [0.2, 0.25) is 0 Å². The summed E-state index contributed by atoms with van der Waals surface area (Å²) in [5.41, 5.74) is 1.41. The highest BCUT2D eigenvalue weighted by Gasteiger charge is 1.79. The van der Waals surface area contributed by atoms with E-state index in [0.29, 0.717) is 6.42 Å². The zero-order valence-corrected chi connectivity index (χ0v) is 7.79. The standard InChI is InChI=1S/C8H10.C3H6O/c1-2-8-6-4-3-5-7-8;1-2-3-4/h3-7H,2H2,1H3;3H,2H2,1H3.